The molecule has 1 aliphatic carbocycles. The molecular weight excluding hydrogens is 234 g/mol. The van der Waals surface area contributed by atoms with Gasteiger partial charge in [-0.15, -0.1) is 0 Å². The van der Waals surface area contributed by atoms with Crippen LogP contribution in [0.25, 0.3) is 0 Å². The second kappa shape index (κ2) is 4.41. The van der Waals surface area contributed by atoms with Gasteiger partial charge in [0.1, 0.15) is 0 Å². The summed E-state index contributed by atoms with van der Waals surface area (Å²) in [5.74, 6) is 0.937. The molecule has 1 aromatic carbocycles. The first kappa shape index (κ1) is 10.7. The Morgan fingerprint density at radius 1 is 1.35 bits per heavy atom. The van der Waals surface area contributed by atoms with E-state index in [1.165, 1.54) is 12.8 Å². The van der Waals surface area contributed by atoms with Crippen LogP contribution in [0.15, 0.2) is 36.7 Å². The first-order chi connectivity index (χ1) is 8.33. The van der Waals surface area contributed by atoms with E-state index in [2.05, 4.69) is 14.9 Å². The van der Waals surface area contributed by atoms with E-state index in [0.29, 0.717) is 6.04 Å². The van der Waals surface area contributed by atoms with E-state index in [0.717, 1.165) is 23.1 Å². The maximum atomic E-state index is 6.16. The lowest BCUT2D eigenvalue weighted by atomic mass is 10.2. The van der Waals surface area contributed by atoms with Crippen LogP contribution in [0, 0.1) is 0 Å². The third-order valence-electron chi connectivity index (χ3n) is 2.92. The Morgan fingerprint density at radius 2 is 2.18 bits per heavy atom. The number of anilines is 1. The van der Waals surface area contributed by atoms with Crippen LogP contribution in [-0.4, -0.2) is 15.6 Å². The first-order valence-corrected chi connectivity index (χ1v) is 6.22. The minimum Gasteiger partial charge on any atom is -0.353 e. The van der Waals surface area contributed by atoms with Crippen LogP contribution < -0.4 is 5.32 Å². The molecule has 1 heterocycles. The number of aromatic nitrogens is 2. The molecule has 2 aromatic rings. The zero-order chi connectivity index (χ0) is 11.7. The largest absolute Gasteiger partial charge is 0.353 e. The number of nitrogens with one attached hydrogen (secondary N) is 1. The molecule has 0 atom stereocenters. The van der Waals surface area contributed by atoms with E-state index in [1.807, 2.05) is 36.7 Å². The van der Waals surface area contributed by atoms with Crippen molar-refractivity contribution in [1.29, 1.82) is 0 Å². The smallest absolute Gasteiger partial charge is 0.203 e. The molecule has 1 aromatic heterocycles. The Hall–Kier alpha value is -1.48. The van der Waals surface area contributed by atoms with E-state index in [9.17, 15) is 0 Å². The van der Waals surface area contributed by atoms with Crippen LogP contribution in [0.3, 0.4) is 0 Å². The van der Waals surface area contributed by atoms with Crippen molar-refractivity contribution in [2.75, 3.05) is 5.32 Å². The van der Waals surface area contributed by atoms with Crippen LogP contribution in [0.5, 0.6) is 0 Å². The van der Waals surface area contributed by atoms with Gasteiger partial charge in [0.25, 0.3) is 0 Å². The lowest BCUT2D eigenvalue weighted by Gasteiger charge is -2.10. The summed E-state index contributed by atoms with van der Waals surface area (Å²) < 4.78 is 2.10. The molecule has 0 aliphatic heterocycles. The van der Waals surface area contributed by atoms with Gasteiger partial charge in [0.05, 0.1) is 6.54 Å². The molecule has 4 heteroatoms. The molecule has 1 saturated carbocycles. The molecule has 0 unspecified atom stereocenters. The van der Waals surface area contributed by atoms with E-state index in [4.69, 9.17) is 11.6 Å². The average molecular weight is 248 g/mol. The molecule has 0 spiro atoms. The lowest BCUT2D eigenvalue weighted by Crippen LogP contribution is -2.09. The summed E-state index contributed by atoms with van der Waals surface area (Å²) in [6.45, 7) is 0.759. The molecule has 3 rings (SSSR count). The fourth-order valence-corrected chi connectivity index (χ4v) is 1.99. The number of nitrogens with zero attached hydrogens (tertiary/aromatic N) is 2. The molecule has 88 valence electrons. The van der Waals surface area contributed by atoms with E-state index in [1.54, 1.807) is 0 Å². The first-order valence-electron chi connectivity index (χ1n) is 5.84. The number of hydrogen-bond donors (Lipinski definition) is 1. The van der Waals surface area contributed by atoms with Crippen molar-refractivity contribution >= 4 is 17.5 Å². The summed E-state index contributed by atoms with van der Waals surface area (Å²) in [6, 6.07) is 8.53. The zero-order valence-electron chi connectivity index (χ0n) is 9.44. The summed E-state index contributed by atoms with van der Waals surface area (Å²) in [4.78, 5) is 4.33. The maximum Gasteiger partial charge on any atom is 0.203 e. The lowest BCUT2D eigenvalue weighted by molar-refractivity contribution is 0.797. The van der Waals surface area contributed by atoms with Gasteiger partial charge in [-0.05, 0) is 24.5 Å². The van der Waals surface area contributed by atoms with Crippen molar-refractivity contribution < 1.29 is 0 Å². The molecule has 3 nitrogen and oxygen atoms in total. The van der Waals surface area contributed by atoms with Gasteiger partial charge < -0.3 is 9.88 Å². The van der Waals surface area contributed by atoms with Gasteiger partial charge in [-0.2, -0.15) is 0 Å². The summed E-state index contributed by atoms with van der Waals surface area (Å²) in [7, 11) is 0. The summed E-state index contributed by atoms with van der Waals surface area (Å²) >= 11 is 6.16. The van der Waals surface area contributed by atoms with Gasteiger partial charge >= 0.3 is 0 Å². The second-order valence-corrected chi connectivity index (χ2v) is 4.80. The van der Waals surface area contributed by atoms with Crippen molar-refractivity contribution in [3.05, 3.63) is 47.2 Å². The number of benzene rings is 1. The van der Waals surface area contributed by atoms with E-state index < -0.39 is 0 Å². The average Bonchev–Trinajstić information content (AvgIpc) is 3.03. The topological polar surface area (TPSA) is 29.9 Å². The molecule has 0 radical (unpaired) electrons. The molecule has 0 amide bonds. The SMILES string of the molecule is Clc1ccccc1Cn1ccnc1NC1CC1. The quantitative estimate of drug-likeness (QED) is 0.900. The zero-order valence-corrected chi connectivity index (χ0v) is 10.2. The number of rotatable bonds is 4. The monoisotopic (exact) mass is 247 g/mol. The molecule has 0 bridgehead atoms. The van der Waals surface area contributed by atoms with Gasteiger partial charge in [-0.25, -0.2) is 4.98 Å². The minimum absolute atomic E-state index is 0.613. The molecular formula is C13H14ClN3. The Labute approximate surface area is 105 Å². The summed E-state index contributed by atoms with van der Waals surface area (Å²) in [5.41, 5.74) is 1.12. The van der Waals surface area contributed by atoms with Crippen molar-refractivity contribution in [3.63, 3.8) is 0 Å². The Kier molecular flexibility index (Phi) is 2.77. The van der Waals surface area contributed by atoms with Gasteiger partial charge in [0.15, 0.2) is 0 Å². The number of imidazole rings is 1. The second-order valence-electron chi connectivity index (χ2n) is 4.39. The Morgan fingerprint density at radius 3 is 2.94 bits per heavy atom. The molecule has 1 fully saturated rings. The highest BCUT2D eigenvalue weighted by molar-refractivity contribution is 6.31. The molecule has 0 saturated heterocycles. The Bertz CT molecular complexity index is 517. The fraction of sp³-hybridized carbons (Fsp3) is 0.308. The maximum absolute atomic E-state index is 6.16. The predicted octanol–water partition coefficient (Wildman–Crippen LogP) is 3.16. The van der Waals surface area contributed by atoms with Crippen LogP contribution in [0.1, 0.15) is 18.4 Å². The van der Waals surface area contributed by atoms with E-state index >= 15 is 0 Å². The van der Waals surface area contributed by atoms with Gasteiger partial charge in [0.2, 0.25) is 5.95 Å². The predicted molar refractivity (Wildman–Crippen MR) is 69.4 cm³/mol. The number of halogens is 1. The molecule has 1 aliphatic rings. The molecule has 17 heavy (non-hydrogen) atoms. The van der Waals surface area contributed by atoms with Gasteiger partial charge in [-0.1, -0.05) is 29.8 Å². The van der Waals surface area contributed by atoms with Crippen LogP contribution in [-0.2, 0) is 6.54 Å². The van der Waals surface area contributed by atoms with Gasteiger partial charge in [-0.3, -0.25) is 0 Å². The van der Waals surface area contributed by atoms with Crippen molar-refractivity contribution in [1.82, 2.24) is 9.55 Å². The highest BCUT2D eigenvalue weighted by Gasteiger charge is 2.22. The standard InChI is InChI=1S/C13H14ClN3/c14-12-4-2-1-3-10(12)9-17-8-7-15-13(17)16-11-5-6-11/h1-4,7-8,11H,5-6,9H2,(H,15,16). The highest BCUT2D eigenvalue weighted by atomic mass is 35.5. The normalized spacial score (nSPS) is 14.9. The third kappa shape index (κ3) is 2.44. The third-order valence-corrected chi connectivity index (χ3v) is 3.29. The minimum atomic E-state index is 0.613. The van der Waals surface area contributed by atoms with Gasteiger partial charge in [0, 0.05) is 23.5 Å². The summed E-state index contributed by atoms with van der Waals surface area (Å²) in [6.07, 6.45) is 6.30. The van der Waals surface area contributed by atoms with Crippen molar-refractivity contribution in [2.24, 2.45) is 0 Å². The molecule has 1 N–H and O–H groups in total. The van der Waals surface area contributed by atoms with Crippen LogP contribution in [0.2, 0.25) is 5.02 Å². The van der Waals surface area contributed by atoms with Crippen LogP contribution >= 0.6 is 11.6 Å². The summed E-state index contributed by atoms with van der Waals surface area (Å²) in [5, 5.41) is 4.22. The number of hydrogen-bond acceptors (Lipinski definition) is 2. The highest BCUT2D eigenvalue weighted by Crippen LogP contribution is 2.24. The van der Waals surface area contributed by atoms with Crippen molar-refractivity contribution in [3.8, 4) is 0 Å². The van der Waals surface area contributed by atoms with Crippen LogP contribution in [0.4, 0.5) is 5.95 Å². The fourth-order valence-electron chi connectivity index (χ4n) is 1.80. The van der Waals surface area contributed by atoms with Crippen molar-refractivity contribution in [2.45, 2.75) is 25.4 Å². The van der Waals surface area contributed by atoms with E-state index in [-0.39, 0.29) is 0 Å². The Balaban J connectivity index is 1.80.